The molecular formula is C22H25N5O2. The first-order valence-electron chi connectivity index (χ1n) is 10.4. The number of carbonyl (C=O) groups excluding carboxylic acids is 2. The third kappa shape index (κ3) is 3.30. The number of fused-ring (bicyclic) bond motifs is 2. The van der Waals surface area contributed by atoms with Gasteiger partial charge in [0.25, 0.3) is 11.8 Å². The smallest absolute Gasteiger partial charge is 0.272 e. The lowest BCUT2D eigenvalue weighted by Gasteiger charge is -2.28. The molecule has 0 saturated heterocycles. The largest absolute Gasteiger partial charge is 0.361 e. The topological polar surface area (TPSA) is 83.0 Å². The molecule has 2 N–H and O–H groups in total. The van der Waals surface area contributed by atoms with Crippen LogP contribution in [0.4, 0.5) is 0 Å². The Morgan fingerprint density at radius 3 is 2.93 bits per heavy atom. The second-order valence-corrected chi connectivity index (χ2v) is 8.02. The average molecular weight is 391 g/mol. The fourth-order valence-corrected chi connectivity index (χ4v) is 4.16. The highest BCUT2D eigenvalue weighted by atomic mass is 16.2. The van der Waals surface area contributed by atoms with E-state index in [0.717, 1.165) is 35.1 Å². The van der Waals surface area contributed by atoms with Gasteiger partial charge in [0.05, 0.1) is 6.54 Å². The number of nitrogens with one attached hydrogen (secondary N) is 2. The molecule has 1 fully saturated rings. The van der Waals surface area contributed by atoms with E-state index in [9.17, 15) is 9.59 Å². The van der Waals surface area contributed by atoms with Crippen LogP contribution in [0.15, 0.2) is 30.5 Å². The predicted molar refractivity (Wildman–Crippen MR) is 110 cm³/mol. The molecule has 7 nitrogen and oxygen atoms in total. The maximum atomic E-state index is 13.2. The van der Waals surface area contributed by atoms with Crippen molar-refractivity contribution in [1.29, 1.82) is 0 Å². The Hall–Kier alpha value is -3.09. The highest BCUT2D eigenvalue weighted by Gasteiger charge is 2.32. The fraction of sp³-hybridized carbons (Fsp3) is 0.409. The molecule has 29 heavy (non-hydrogen) atoms. The molecule has 0 atom stereocenters. The highest BCUT2D eigenvalue weighted by Crippen LogP contribution is 2.33. The van der Waals surface area contributed by atoms with Crippen LogP contribution < -0.4 is 5.32 Å². The van der Waals surface area contributed by atoms with Crippen LogP contribution in [0.3, 0.4) is 0 Å². The molecule has 2 amide bonds. The van der Waals surface area contributed by atoms with Crippen LogP contribution in [0.25, 0.3) is 10.9 Å². The summed E-state index contributed by atoms with van der Waals surface area (Å²) >= 11 is 0. The Morgan fingerprint density at radius 2 is 2.14 bits per heavy atom. The van der Waals surface area contributed by atoms with Crippen molar-refractivity contribution in [2.24, 2.45) is 5.92 Å². The lowest BCUT2D eigenvalue weighted by molar-refractivity contribution is 0.0730. The Morgan fingerprint density at radius 1 is 1.28 bits per heavy atom. The van der Waals surface area contributed by atoms with E-state index in [2.05, 4.69) is 15.4 Å². The third-order valence-electron chi connectivity index (χ3n) is 5.90. The average Bonchev–Trinajstić information content (AvgIpc) is 3.30. The first-order valence-corrected chi connectivity index (χ1v) is 10.4. The molecule has 3 heterocycles. The summed E-state index contributed by atoms with van der Waals surface area (Å²) in [5, 5.41) is 8.54. The summed E-state index contributed by atoms with van der Waals surface area (Å²) in [7, 11) is 0. The molecule has 1 saturated carbocycles. The molecule has 1 aliphatic carbocycles. The van der Waals surface area contributed by atoms with Crippen LogP contribution in [0, 0.1) is 5.92 Å². The molecule has 150 valence electrons. The molecule has 5 rings (SSSR count). The number of amides is 2. The predicted octanol–water partition coefficient (Wildman–Crippen LogP) is 2.72. The quantitative estimate of drug-likeness (QED) is 0.702. The molecule has 0 spiro atoms. The molecule has 3 aromatic rings. The lowest BCUT2D eigenvalue weighted by atomic mass is 10.0. The zero-order valence-corrected chi connectivity index (χ0v) is 16.6. The Labute approximate surface area is 169 Å². The van der Waals surface area contributed by atoms with E-state index in [-0.39, 0.29) is 11.8 Å². The van der Waals surface area contributed by atoms with Crippen molar-refractivity contribution in [3.63, 3.8) is 0 Å². The summed E-state index contributed by atoms with van der Waals surface area (Å²) in [4.78, 5) is 30.8. The van der Waals surface area contributed by atoms with Crippen molar-refractivity contribution in [3.8, 4) is 0 Å². The number of benzene rings is 1. The van der Waals surface area contributed by atoms with Gasteiger partial charge in [-0.2, -0.15) is 5.10 Å². The van der Waals surface area contributed by atoms with E-state index in [1.54, 1.807) is 0 Å². The van der Waals surface area contributed by atoms with E-state index in [4.69, 9.17) is 0 Å². The van der Waals surface area contributed by atoms with E-state index >= 15 is 0 Å². The SMILES string of the molecule is CCNC(=O)c1nn(CC2CC2)c2c1CN(C(=O)c1ccc3[nH]ccc3c1)CC2. The van der Waals surface area contributed by atoms with E-state index in [0.29, 0.717) is 36.8 Å². The molecule has 2 aromatic heterocycles. The minimum Gasteiger partial charge on any atom is -0.361 e. The van der Waals surface area contributed by atoms with Gasteiger partial charge < -0.3 is 15.2 Å². The molecule has 1 aliphatic heterocycles. The van der Waals surface area contributed by atoms with Crippen LogP contribution >= 0.6 is 0 Å². The second-order valence-electron chi connectivity index (χ2n) is 8.02. The first kappa shape index (κ1) is 18.0. The fourth-order valence-electron chi connectivity index (χ4n) is 4.16. The standard InChI is InChI=1S/C22H25N5O2/c1-2-23-21(28)20-17-13-26(10-8-19(17)27(25-20)12-14-3-4-14)22(29)16-5-6-18-15(11-16)7-9-24-18/h5-7,9,11,14,24H,2-4,8,10,12-13H2,1H3,(H,23,28). The van der Waals surface area contributed by atoms with E-state index in [1.165, 1.54) is 12.8 Å². The number of aromatic amines is 1. The zero-order chi connectivity index (χ0) is 20.0. The van der Waals surface area contributed by atoms with Crippen LogP contribution in [0.2, 0.25) is 0 Å². The number of rotatable bonds is 5. The monoisotopic (exact) mass is 391 g/mol. The van der Waals surface area contributed by atoms with Crippen molar-refractivity contribution in [2.45, 2.75) is 39.3 Å². The summed E-state index contributed by atoms with van der Waals surface area (Å²) in [6.45, 7) is 4.40. The minimum absolute atomic E-state index is 0.00413. The van der Waals surface area contributed by atoms with Crippen LogP contribution in [-0.2, 0) is 19.5 Å². The normalized spacial score (nSPS) is 16.1. The summed E-state index contributed by atoms with van der Waals surface area (Å²) in [6, 6.07) is 7.68. The van der Waals surface area contributed by atoms with Gasteiger partial charge in [-0.05, 0) is 49.9 Å². The molecule has 2 aliphatic rings. The Kier molecular flexibility index (Phi) is 4.38. The summed E-state index contributed by atoms with van der Waals surface area (Å²) < 4.78 is 2.02. The molecule has 7 heteroatoms. The van der Waals surface area contributed by atoms with Crippen molar-refractivity contribution < 1.29 is 9.59 Å². The molecule has 1 aromatic carbocycles. The van der Waals surface area contributed by atoms with Crippen molar-refractivity contribution in [2.75, 3.05) is 13.1 Å². The van der Waals surface area contributed by atoms with Gasteiger partial charge in [0.1, 0.15) is 0 Å². The third-order valence-corrected chi connectivity index (χ3v) is 5.90. The van der Waals surface area contributed by atoms with Gasteiger partial charge in [-0.3, -0.25) is 14.3 Å². The van der Waals surface area contributed by atoms with Gasteiger partial charge in [-0.25, -0.2) is 0 Å². The van der Waals surface area contributed by atoms with Gasteiger partial charge in [0.15, 0.2) is 5.69 Å². The van der Waals surface area contributed by atoms with Crippen molar-refractivity contribution in [1.82, 2.24) is 25.0 Å². The lowest BCUT2D eigenvalue weighted by Crippen LogP contribution is -2.37. The zero-order valence-electron chi connectivity index (χ0n) is 16.6. The highest BCUT2D eigenvalue weighted by molar-refractivity contribution is 5.99. The second kappa shape index (κ2) is 7.06. The first-order chi connectivity index (χ1) is 14.1. The van der Waals surface area contributed by atoms with Crippen molar-refractivity contribution in [3.05, 3.63) is 53.0 Å². The number of carbonyl (C=O) groups is 2. The molecule has 0 unspecified atom stereocenters. The van der Waals surface area contributed by atoms with Crippen LogP contribution in [0.1, 0.15) is 51.9 Å². The van der Waals surface area contributed by atoms with Gasteiger partial charge in [0, 0.05) is 60.0 Å². The summed E-state index contributed by atoms with van der Waals surface area (Å²) in [6.07, 6.45) is 5.07. The van der Waals surface area contributed by atoms with E-state index in [1.807, 2.05) is 47.0 Å². The minimum atomic E-state index is -0.152. The molecule has 0 radical (unpaired) electrons. The summed E-state index contributed by atoms with van der Waals surface area (Å²) in [5.41, 5.74) is 4.18. The van der Waals surface area contributed by atoms with Crippen molar-refractivity contribution >= 4 is 22.7 Å². The van der Waals surface area contributed by atoms with Gasteiger partial charge in [-0.15, -0.1) is 0 Å². The molecule has 0 bridgehead atoms. The van der Waals surface area contributed by atoms with Crippen LogP contribution in [-0.4, -0.2) is 44.6 Å². The number of hydrogen-bond acceptors (Lipinski definition) is 3. The number of aromatic nitrogens is 3. The Bertz CT molecular complexity index is 1090. The number of H-pyrrole nitrogens is 1. The number of nitrogens with zero attached hydrogens (tertiary/aromatic N) is 3. The Balaban J connectivity index is 1.44. The summed E-state index contributed by atoms with van der Waals surface area (Å²) in [5.74, 6) is 0.519. The molecular weight excluding hydrogens is 366 g/mol. The number of hydrogen-bond donors (Lipinski definition) is 2. The maximum Gasteiger partial charge on any atom is 0.272 e. The van der Waals surface area contributed by atoms with Gasteiger partial charge in [-0.1, -0.05) is 0 Å². The maximum absolute atomic E-state index is 13.2. The van der Waals surface area contributed by atoms with E-state index < -0.39 is 0 Å². The van der Waals surface area contributed by atoms with Crippen LogP contribution in [0.5, 0.6) is 0 Å². The van der Waals surface area contributed by atoms with Gasteiger partial charge in [0.2, 0.25) is 0 Å². The van der Waals surface area contributed by atoms with Gasteiger partial charge >= 0.3 is 0 Å².